The molecule has 1 atom stereocenters. The van der Waals surface area contributed by atoms with Gasteiger partial charge < -0.3 is 5.11 Å². The van der Waals surface area contributed by atoms with E-state index < -0.39 is 0 Å². The Labute approximate surface area is 86.8 Å². The number of hydrogen-bond donors (Lipinski definition) is 1. The van der Waals surface area contributed by atoms with E-state index in [2.05, 4.69) is 30.4 Å². The fraction of sp³-hybridized carbons (Fsp3) is 0.538. The summed E-state index contributed by atoms with van der Waals surface area (Å²) in [5.74, 6) is 0. The molecule has 14 heavy (non-hydrogen) atoms. The average molecular weight is 192 g/mol. The summed E-state index contributed by atoms with van der Waals surface area (Å²) in [6.45, 7) is 0. The van der Waals surface area contributed by atoms with Crippen LogP contribution in [0.15, 0.2) is 36.5 Å². The molecule has 1 nitrogen and oxygen atoms in total. The van der Waals surface area contributed by atoms with Crippen molar-refractivity contribution in [2.24, 2.45) is 0 Å². The Morgan fingerprint density at radius 2 is 1.21 bits per heavy atom. The molecule has 1 N–H and O–H groups in total. The van der Waals surface area contributed by atoms with Crippen molar-refractivity contribution in [3.8, 4) is 0 Å². The molecule has 0 aromatic carbocycles. The molecule has 0 saturated heterocycles. The van der Waals surface area contributed by atoms with E-state index in [1.54, 1.807) is 0 Å². The van der Waals surface area contributed by atoms with Crippen molar-refractivity contribution in [2.45, 2.75) is 44.6 Å². The van der Waals surface area contributed by atoms with Crippen molar-refractivity contribution in [2.75, 3.05) is 0 Å². The highest BCUT2D eigenvalue weighted by atomic mass is 16.3. The zero-order valence-electron chi connectivity index (χ0n) is 8.73. The van der Waals surface area contributed by atoms with Gasteiger partial charge in [-0.2, -0.15) is 0 Å². The first-order valence-electron chi connectivity index (χ1n) is 5.54. The maximum atomic E-state index is 9.52. The van der Waals surface area contributed by atoms with Crippen LogP contribution in [0.4, 0.5) is 0 Å². The highest BCUT2D eigenvalue weighted by Gasteiger charge is 1.95. The lowest BCUT2D eigenvalue weighted by molar-refractivity contribution is 0.213. The molecular formula is C13H20O. The highest BCUT2D eigenvalue weighted by Crippen LogP contribution is 2.05. The Bertz CT molecular complexity index is 213. The third-order valence-electron chi connectivity index (χ3n) is 2.32. The molecule has 0 fully saturated rings. The van der Waals surface area contributed by atoms with E-state index in [-0.39, 0.29) is 6.10 Å². The molecule has 1 aliphatic rings. The maximum Gasteiger partial charge on any atom is 0.0723 e. The summed E-state index contributed by atoms with van der Waals surface area (Å²) in [5, 5.41) is 9.52. The van der Waals surface area contributed by atoms with Crippen LogP contribution in [0.5, 0.6) is 0 Å². The summed E-state index contributed by atoms with van der Waals surface area (Å²) in [6, 6.07) is 0. The van der Waals surface area contributed by atoms with Gasteiger partial charge in [-0.3, -0.25) is 0 Å². The number of hydrogen-bond acceptors (Lipinski definition) is 1. The van der Waals surface area contributed by atoms with Crippen LogP contribution in [-0.4, -0.2) is 11.2 Å². The van der Waals surface area contributed by atoms with E-state index in [1.807, 2.05) is 6.08 Å². The van der Waals surface area contributed by atoms with Gasteiger partial charge in [0.25, 0.3) is 0 Å². The fourth-order valence-corrected chi connectivity index (χ4v) is 1.47. The smallest absolute Gasteiger partial charge is 0.0723 e. The second kappa shape index (κ2) is 7.57. The van der Waals surface area contributed by atoms with E-state index in [0.717, 1.165) is 38.5 Å². The lowest BCUT2D eigenvalue weighted by Crippen LogP contribution is -2.00. The third-order valence-corrected chi connectivity index (χ3v) is 2.32. The summed E-state index contributed by atoms with van der Waals surface area (Å²) >= 11 is 0. The molecule has 0 bridgehead atoms. The molecule has 78 valence electrons. The van der Waals surface area contributed by atoms with E-state index in [9.17, 15) is 5.11 Å². The lowest BCUT2D eigenvalue weighted by Gasteiger charge is -2.01. The Balaban J connectivity index is 2.38. The Morgan fingerprint density at radius 1 is 0.714 bits per heavy atom. The number of aliphatic hydroxyl groups excluding tert-OH is 1. The van der Waals surface area contributed by atoms with Crippen LogP contribution < -0.4 is 0 Å². The molecule has 0 aromatic heterocycles. The summed E-state index contributed by atoms with van der Waals surface area (Å²) in [7, 11) is 0. The Hall–Kier alpha value is -0.820. The number of allylic oxidation sites excluding steroid dienone is 5. The minimum atomic E-state index is -0.260. The summed E-state index contributed by atoms with van der Waals surface area (Å²) in [6.07, 6.45) is 18.8. The second-order valence-electron chi connectivity index (χ2n) is 3.67. The SMILES string of the molecule is OC1/C=C\CC/C=C\CC/C=C/CC1. The summed E-state index contributed by atoms with van der Waals surface area (Å²) < 4.78 is 0. The maximum absolute atomic E-state index is 9.52. The monoisotopic (exact) mass is 192 g/mol. The molecule has 1 heteroatoms. The third kappa shape index (κ3) is 5.76. The van der Waals surface area contributed by atoms with Gasteiger partial charge in [0.05, 0.1) is 6.10 Å². The van der Waals surface area contributed by atoms with Crippen LogP contribution in [0.25, 0.3) is 0 Å². The number of rotatable bonds is 0. The Morgan fingerprint density at radius 3 is 1.86 bits per heavy atom. The van der Waals surface area contributed by atoms with Gasteiger partial charge in [-0.25, -0.2) is 0 Å². The topological polar surface area (TPSA) is 20.2 Å². The molecule has 0 aliphatic heterocycles. The normalized spacial score (nSPS) is 31.9. The molecule has 0 amide bonds. The van der Waals surface area contributed by atoms with Crippen LogP contribution in [0.2, 0.25) is 0 Å². The fourth-order valence-electron chi connectivity index (χ4n) is 1.47. The molecule has 0 heterocycles. The largest absolute Gasteiger partial charge is 0.389 e. The van der Waals surface area contributed by atoms with Gasteiger partial charge in [0.2, 0.25) is 0 Å². The predicted molar refractivity (Wildman–Crippen MR) is 61.1 cm³/mol. The zero-order valence-corrected chi connectivity index (χ0v) is 8.73. The van der Waals surface area contributed by atoms with Gasteiger partial charge in [0.1, 0.15) is 0 Å². The van der Waals surface area contributed by atoms with Gasteiger partial charge in [-0.1, -0.05) is 36.5 Å². The van der Waals surface area contributed by atoms with Gasteiger partial charge in [-0.05, 0) is 38.5 Å². The molecular weight excluding hydrogens is 172 g/mol. The highest BCUT2D eigenvalue weighted by molar-refractivity contribution is 4.95. The zero-order chi connectivity index (χ0) is 10.1. The Kier molecular flexibility index (Phi) is 6.09. The van der Waals surface area contributed by atoms with Crippen LogP contribution in [-0.2, 0) is 0 Å². The van der Waals surface area contributed by atoms with Crippen molar-refractivity contribution in [3.63, 3.8) is 0 Å². The van der Waals surface area contributed by atoms with Crippen LogP contribution in [0.3, 0.4) is 0 Å². The average Bonchev–Trinajstić information content (AvgIpc) is 2.20. The first-order valence-corrected chi connectivity index (χ1v) is 5.54. The van der Waals surface area contributed by atoms with E-state index in [0.29, 0.717) is 0 Å². The number of aliphatic hydroxyl groups is 1. The summed E-state index contributed by atoms with van der Waals surface area (Å²) in [4.78, 5) is 0. The molecule has 1 aliphatic carbocycles. The van der Waals surface area contributed by atoms with Crippen molar-refractivity contribution < 1.29 is 5.11 Å². The van der Waals surface area contributed by atoms with Crippen molar-refractivity contribution in [1.82, 2.24) is 0 Å². The van der Waals surface area contributed by atoms with E-state index in [4.69, 9.17) is 0 Å². The van der Waals surface area contributed by atoms with Crippen LogP contribution >= 0.6 is 0 Å². The van der Waals surface area contributed by atoms with Crippen LogP contribution in [0.1, 0.15) is 38.5 Å². The van der Waals surface area contributed by atoms with Gasteiger partial charge in [-0.15, -0.1) is 0 Å². The van der Waals surface area contributed by atoms with Crippen molar-refractivity contribution in [1.29, 1.82) is 0 Å². The minimum Gasteiger partial charge on any atom is -0.389 e. The lowest BCUT2D eigenvalue weighted by atomic mass is 10.1. The molecule has 0 radical (unpaired) electrons. The molecule has 0 aromatic rings. The molecule has 1 unspecified atom stereocenters. The van der Waals surface area contributed by atoms with E-state index >= 15 is 0 Å². The second-order valence-corrected chi connectivity index (χ2v) is 3.67. The van der Waals surface area contributed by atoms with Crippen LogP contribution in [0, 0.1) is 0 Å². The standard InChI is InChI=1S/C13H20O/c14-13-11-9-7-5-3-1-2-4-6-8-10-12-13/h1,3,6,8-9,11,13-14H,2,4-5,7,10,12H2/b3-1-,8-6+,11-9-. The first-order chi connectivity index (χ1) is 6.89. The minimum absolute atomic E-state index is 0.260. The summed E-state index contributed by atoms with van der Waals surface area (Å²) in [5.41, 5.74) is 0. The van der Waals surface area contributed by atoms with Gasteiger partial charge in [0, 0.05) is 0 Å². The van der Waals surface area contributed by atoms with Gasteiger partial charge in [0.15, 0.2) is 0 Å². The molecule has 1 rings (SSSR count). The van der Waals surface area contributed by atoms with Gasteiger partial charge >= 0.3 is 0 Å². The quantitative estimate of drug-likeness (QED) is 0.583. The van der Waals surface area contributed by atoms with Crippen molar-refractivity contribution >= 4 is 0 Å². The predicted octanol–water partition coefficient (Wildman–Crippen LogP) is 3.37. The molecule has 0 spiro atoms. The molecule has 0 saturated carbocycles. The van der Waals surface area contributed by atoms with Crippen molar-refractivity contribution in [3.05, 3.63) is 36.5 Å². The first kappa shape index (κ1) is 11.3. The van der Waals surface area contributed by atoms with E-state index in [1.165, 1.54) is 0 Å².